The summed E-state index contributed by atoms with van der Waals surface area (Å²) < 4.78 is 2.18. The van der Waals surface area contributed by atoms with Crippen molar-refractivity contribution in [2.45, 2.75) is 19.9 Å². The molecule has 148 valence electrons. The summed E-state index contributed by atoms with van der Waals surface area (Å²) in [5, 5.41) is 10.7. The van der Waals surface area contributed by atoms with E-state index in [0.717, 1.165) is 44.0 Å². The number of carbonyl (C=O) groups is 1. The van der Waals surface area contributed by atoms with Crippen molar-refractivity contribution in [3.05, 3.63) is 64.2 Å². The molecule has 8 nitrogen and oxygen atoms in total. The molecule has 0 N–H and O–H groups in total. The van der Waals surface area contributed by atoms with Crippen LogP contribution in [0.4, 0.5) is 5.69 Å². The van der Waals surface area contributed by atoms with Crippen molar-refractivity contribution in [3.8, 4) is 0 Å². The quantitative estimate of drug-likeness (QED) is 0.416. The number of non-ortho nitro benzene ring substituents is 1. The molecule has 0 atom stereocenters. The number of hydrogen-bond donors (Lipinski definition) is 0. The van der Waals surface area contributed by atoms with Gasteiger partial charge in [0.05, 0.1) is 4.92 Å². The summed E-state index contributed by atoms with van der Waals surface area (Å²) in [6.45, 7) is 7.08. The van der Waals surface area contributed by atoms with Gasteiger partial charge in [-0.15, -0.1) is 0 Å². The Labute approximate surface area is 164 Å². The van der Waals surface area contributed by atoms with Crippen LogP contribution < -0.4 is 0 Å². The molecule has 1 aliphatic rings. The van der Waals surface area contributed by atoms with E-state index in [1.54, 1.807) is 18.2 Å². The summed E-state index contributed by atoms with van der Waals surface area (Å²) in [5.74, 6) is 1.08. The largest absolute Gasteiger partial charge is 0.337 e. The molecule has 3 rings (SSSR count). The highest BCUT2D eigenvalue weighted by molar-refractivity contribution is 5.91. The van der Waals surface area contributed by atoms with Gasteiger partial charge in [-0.1, -0.05) is 6.92 Å². The Morgan fingerprint density at radius 2 is 1.89 bits per heavy atom. The van der Waals surface area contributed by atoms with Crippen LogP contribution in [-0.4, -0.2) is 62.9 Å². The molecule has 1 amide bonds. The molecule has 28 heavy (non-hydrogen) atoms. The second-order valence-corrected chi connectivity index (χ2v) is 6.74. The third-order valence-corrected chi connectivity index (χ3v) is 4.98. The Kier molecular flexibility index (Phi) is 6.54. The molecule has 1 aromatic carbocycles. The van der Waals surface area contributed by atoms with E-state index in [1.165, 1.54) is 18.2 Å². The van der Waals surface area contributed by atoms with Gasteiger partial charge in [0.15, 0.2) is 0 Å². The Morgan fingerprint density at radius 3 is 2.54 bits per heavy atom. The van der Waals surface area contributed by atoms with Crippen LogP contribution in [0, 0.1) is 10.1 Å². The highest BCUT2D eigenvalue weighted by Gasteiger charge is 2.19. The van der Waals surface area contributed by atoms with Crippen LogP contribution in [0.1, 0.15) is 18.3 Å². The Morgan fingerprint density at radius 1 is 1.18 bits per heavy atom. The fraction of sp³-hybridized carbons (Fsp3) is 0.400. The van der Waals surface area contributed by atoms with Gasteiger partial charge < -0.3 is 9.47 Å². The number of imidazole rings is 1. The summed E-state index contributed by atoms with van der Waals surface area (Å²) in [7, 11) is 0. The van der Waals surface area contributed by atoms with Gasteiger partial charge in [0.1, 0.15) is 5.82 Å². The zero-order valence-corrected chi connectivity index (χ0v) is 16.0. The van der Waals surface area contributed by atoms with E-state index in [9.17, 15) is 14.9 Å². The van der Waals surface area contributed by atoms with Gasteiger partial charge in [-0.2, -0.15) is 0 Å². The lowest BCUT2D eigenvalue weighted by Crippen LogP contribution is -2.48. The minimum atomic E-state index is -0.437. The number of benzene rings is 1. The van der Waals surface area contributed by atoms with Crippen molar-refractivity contribution < 1.29 is 9.72 Å². The lowest BCUT2D eigenvalue weighted by atomic mass is 10.2. The zero-order valence-electron chi connectivity index (χ0n) is 16.0. The Bertz CT molecular complexity index is 836. The molecule has 0 radical (unpaired) electrons. The SMILES string of the molecule is CCc1nccn1CCN1CCN(C(=O)/C=C/c2ccc([N+](=O)[O-])cc2)CC1. The molecular formula is C20H25N5O3. The van der Waals surface area contributed by atoms with Crippen LogP contribution in [0.5, 0.6) is 0 Å². The highest BCUT2D eigenvalue weighted by Crippen LogP contribution is 2.13. The van der Waals surface area contributed by atoms with E-state index in [2.05, 4.69) is 21.4 Å². The number of aryl methyl sites for hydroxylation is 1. The molecule has 0 spiro atoms. The molecule has 2 heterocycles. The number of carbonyl (C=O) groups excluding carboxylic acids is 1. The summed E-state index contributed by atoms with van der Waals surface area (Å²) in [6.07, 6.45) is 8.02. The average Bonchev–Trinajstić information content (AvgIpc) is 3.18. The van der Waals surface area contributed by atoms with Crippen molar-refractivity contribution in [1.82, 2.24) is 19.4 Å². The number of amides is 1. The van der Waals surface area contributed by atoms with Gasteiger partial charge in [-0.25, -0.2) is 4.98 Å². The Balaban J connectivity index is 1.45. The second kappa shape index (κ2) is 9.27. The predicted octanol–water partition coefficient (Wildman–Crippen LogP) is 2.21. The summed E-state index contributed by atoms with van der Waals surface area (Å²) in [4.78, 5) is 31.2. The van der Waals surface area contributed by atoms with E-state index < -0.39 is 4.92 Å². The number of aromatic nitrogens is 2. The third-order valence-electron chi connectivity index (χ3n) is 4.98. The van der Waals surface area contributed by atoms with Crippen LogP contribution in [0.25, 0.3) is 6.08 Å². The number of nitrogens with zero attached hydrogens (tertiary/aromatic N) is 5. The van der Waals surface area contributed by atoms with Crippen LogP contribution in [0.15, 0.2) is 42.7 Å². The smallest absolute Gasteiger partial charge is 0.269 e. The minimum Gasteiger partial charge on any atom is -0.337 e. The summed E-state index contributed by atoms with van der Waals surface area (Å²) >= 11 is 0. The number of nitro benzene ring substituents is 1. The molecule has 0 unspecified atom stereocenters. The molecule has 1 aliphatic heterocycles. The maximum absolute atomic E-state index is 12.4. The van der Waals surface area contributed by atoms with Crippen LogP contribution in [0.3, 0.4) is 0 Å². The first-order valence-electron chi connectivity index (χ1n) is 9.50. The maximum atomic E-state index is 12.4. The van der Waals surface area contributed by atoms with Crippen molar-refractivity contribution in [1.29, 1.82) is 0 Å². The van der Waals surface area contributed by atoms with E-state index in [1.807, 2.05) is 17.3 Å². The number of nitro groups is 1. The van der Waals surface area contributed by atoms with Crippen molar-refractivity contribution in [3.63, 3.8) is 0 Å². The molecule has 1 aromatic heterocycles. The predicted molar refractivity (Wildman–Crippen MR) is 107 cm³/mol. The monoisotopic (exact) mass is 383 g/mol. The van der Waals surface area contributed by atoms with E-state index >= 15 is 0 Å². The van der Waals surface area contributed by atoms with Gasteiger partial charge in [0.2, 0.25) is 5.91 Å². The van der Waals surface area contributed by atoms with Crippen molar-refractivity contribution in [2.24, 2.45) is 0 Å². The van der Waals surface area contributed by atoms with Gasteiger partial charge in [0.25, 0.3) is 5.69 Å². The Hall–Kier alpha value is -3.00. The van der Waals surface area contributed by atoms with Gasteiger partial charge in [0, 0.05) is 76.3 Å². The topological polar surface area (TPSA) is 84.5 Å². The van der Waals surface area contributed by atoms with E-state index in [0.29, 0.717) is 13.1 Å². The zero-order chi connectivity index (χ0) is 19.9. The minimum absolute atomic E-state index is 0.0270. The van der Waals surface area contributed by atoms with Crippen molar-refractivity contribution >= 4 is 17.7 Å². The lowest BCUT2D eigenvalue weighted by molar-refractivity contribution is -0.384. The average molecular weight is 383 g/mol. The fourth-order valence-electron chi connectivity index (χ4n) is 3.28. The van der Waals surface area contributed by atoms with Crippen molar-refractivity contribution in [2.75, 3.05) is 32.7 Å². The highest BCUT2D eigenvalue weighted by atomic mass is 16.6. The third kappa shape index (κ3) is 5.04. The molecular weight excluding hydrogens is 358 g/mol. The fourth-order valence-corrected chi connectivity index (χ4v) is 3.28. The van der Waals surface area contributed by atoms with Crippen LogP contribution in [0.2, 0.25) is 0 Å². The number of rotatable bonds is 7. The van der Waals surface area contributed by atoms with Gasteiger partial charge in [-0.3, -0.25) is 19.8 Å². The number of hydrogen-bond acceptors (Lipinski definition) is 5. The van der Waals surface area contributed by atoms with Gasteiger partial charge >= 0.3 is 0 Å². The van der Waals surface area contributed by atoms with E-state index in [-0.39, 0.29) is 11.6 Å². The normalized spacial score (nSPS) is 15.2. The molecule has 8 heteroatoms. The standard InChI is InChI=1S/C20H25N5O3/c1-2-19-21-9-10-23(19)14-11-22-12-15-24(16-13-22)20(26)8-5-17-3-6-18(7-4-17)25(27)28/h3-10H,2,11-16H2,1H3/b8-5+. The molecule has 1 saturated heterocycles. The summed E-state index contributed by atoms with van der Waals surface area (Å²) in [5.41, 5.74) is 0.811. The molecule has 1 fully saturated rings. The first-order chi connectivity index (χ1) is 13.6. The van der Waals surface area contributed by atoms with Crippen LogP contribution >= 0.6 is 0 Å². The van der Waals surface area contributed by atoms with Crippen LogP contribution in [-0.2, 0) is 17.8 Å². The van der Waals surface area contributed by atoms with Gasteiger partial charge in [-0.05, 0) is 23.8 Å². The first-order valence-corrected chi connectivity index (χ1v) is 9.50. The number of piperazine rings is 1. The molecule has 2 aromatic rings. The second-order valence-electron chi connectivity index (χ2n) is 6.74. The summed E-state index contributed by atoms with van der Waals surface area (Å²) in [6, 6.07) is 6.15. The maximum Gasteiger partial charge on any atom is 0.269 e. The molecule has 0 aliphatic carbocycles. The lowest BCUT2D eigenvalue weighted by Gasteiger charge is -2.34. The van der Waals surface area contributed by atoms with E-state index in [4.69, 9.17) is 0 Å². The molecule has 0 saturated carbocycles. The first kappa shape index (κ1) is 19.8. The molecule has 0 bridgehead atoms.